The summed E-state index contributed by atoms with van der Waals surface area (Å²) in [5, 5.41) is 2.41. The van der Waals surface area contributed by atoms with Crippen LogP contribution in [0, 0.1) is 0 Å². The maximum Gasteiger partial charge on any atom is 0.410 e. The highest BCUT2D eigenvalue weighted by molar-refractivity contribution is 5.88. The fourth-order valence-electron chi connectivity index (χ4n) is 6.31. The number of fused-ring (bicyclic) bond motifs is 6. The summed E-state index contributed by atoms with van der Waals surface area (Å²) in [4.78, 5) is 43.2. The van der Waals surface area contributed by atoms with E-state index in [1.54, 1.807) is 4.90 Å². The highest BCUT2D eigenvalue weighted by atomic mass is 16.6. The number of hydrogen-bond acceptors (Lipinski definition) is 5. The van der Waals surface area contributed by atoms with E-state index >= 15 is 0 Å². The molecule has 0 saturated carbocycles. The van der Waals surface area contributed by atoms with Gasteiger partial charge >= 0.3 is 12.2 Å². The van der Waals surface area contributed by atoms with Gasteiger partial charge < -0.3 is 34.6 Å². The number of aromatic amines is 1. The molecule has 0 spiro atoms. The van der Waals surface area contributed by atoms with E-state index in [1.807, 2.05) is 75.3 Å². The minimum atomic E-state index is -0.510. The Balaban J connectivity index is 0.000000184. The molecule has 4 aromatic rings. The first-order valence-corrected chi connectivity index (χ1v) is 16.1. The van der Waals surface area contributed by atoms with Crippen LogP contribution in [0.3, 0.4) is 0 Å². The van der Waals surface area contributed by atoms with Crippen LogP contribution in [-0.4, -0.2) is 74.8 Å². The van der Waals surface area contributed by atoms with Crippen LogP contribution < -0.4 is 5.73 Å². The number of carbonyl (C=O) groups is 3. The van der Waals surface area contributed by atoms with Gasteiger partial charge in [-0.1, -0.05) is 36.4 Å². The molecule has 2 aliphatic heterocycles. The summed E-state index contributed by atoms with van der Waals surface area (Å²) in [7, 11) is 0. The summed E-state index contributed by atoms with van der Waals surface area (Å²) in [6.45, 7) is 14.0. The Labute approximate surface area is 270 Å². The predicted octanol–water partition coefficient (Wildman–Crippen LogP) is 5.97. The molecule has 10 heteroatoms. The second-order valence-corrected chi connectivity index (χ2v) is 14.1. The molecule has 0 atom stereocenters. The van der Waals surface area contributed by atoms with E-state index in [-0.39, 0.29) is 24.6 Å². The van der Waals surface area contributed by atoms with Gasteiger partial charge in [0.1, 0.15) is 17.7 Å². The molecule has 10 nitrogen and oxygen atoms in total. The zero-order valence-electron chi connectivity index (χ0n) is 27.9. The Morgan fingerprint density at radius 1 is 0.717 bits per heavy atom. The monoisotopic (exact) mass is 629 g/mol. The number of primary amides is 1. The highest BCUT2D eigenvalue weighted by Crippen LogP contribution is 2.30. The lowest BCUT2D eigenvalue weighted by atomic mass is 10.1. The quantitative estimate of drug-likeness (QED) is 0.283. The molecule has 46 heavy (non-hydrogen) atoms. The number of nitrogens with two attached hydrogens (primary N) is 1. The second-order valence-electron chi connectivity index (χ2n) is 14.1. The Hall–Kier alpha value is -4.47. The van der Waals surface area contributed by atoms with E-state index < -0.39 is 11.2 Å². The van der Waals surface area contributed by atoms with Crippen molar-refractivity contribution >= 4 is 39.9 Å². The first-order chi connectivity index (χ1) is 21.7. The van der Waals surface area contributed by atoms with Gasteiger partial charge in [-0.05, 0) is 77.6 Å². The molecule has 0 bridgehead atoms. The number of ether oxygens (including phenoxy) is 2. The van der Waals surface area contributed by atoms with Crippen LogP contribution >= 0.6 is 0 Å². The van der Waals surface area contributed by atoms with Crippen molar-refractivity contribution < 1.29 is 23.9 Å². The second kappa shape index (κ2) is 13.1. The molecule has 2 aromatic heterocycles. The molecular formula is C36H47N5O5. The maximum atomic E-state index is 12.4. The topological polar surface area (TPSA) is 123 Å². The van der Waals surface area contributed by atoms with Crippen molar-refractivity contribution in [2.45, 2.75) is 85.0 Å². The van der Waals surface area contributed by atoms with Gasteiger partial charge in [-0.3, -0.25) is 4.79 Å². The largest absolute Gasteiger partial charge is 0.444 e. The number of aromatic nitrogens is 2. The molecule has 246 valence electrons. The zero-order valence-corrected chi connectivity index (χ0v) is 27.9. The predicted molar refractivity (Wildman–Crippen MR) is 180 cm³/mol. The van der Waals surface area contributed by atoms with E-state index in [0.717, 1.165) is 35.9 Å². The lowest BCUT2D eigenvalue weighted by molar-refractivity contribution is -0.118. The van der Waals surface area contributed by atoms with E-state index in [4.69, 9.17) is 15.2 Å². The number of para-hydroxylation sites is 2. The number of carbonyl (C=O) groups excluding carboxylic acids is 3. The summed E-state index contributed by atoms with van der Waals surface area (Å²) in [6, 6.07) is 16.4. The number of hydrogen-bond donors (Lipinski definition) is 2. The van der Waals surface area contributed by atoms with Gasteiger partial charge in [0.2, 0.25) is 5.91 Å². The van der Waals surface area contributed by atoms with Crippen molar-refractivity contribution in [3.05, 3.63) is 71.0 Å². The number of nitrogens with zero attached hydrogens (tertiary/aromatic N) is 3. The molecule has 0 fully saturated rings. The van der Waals surface area contributed by atoms with Crippen molar-refractivity contribution in [1.82, 2.24) is 19.4 Å². The van der Waals surface area contributed by atoms with Crippen molar-refractivity contribution in [2.24, 2.45) is 5.73 Å². The van der Waals surface area contributed by atoms with Crippen LogP contribution in [0.1, 0.15) is 64.1 Å². The number of benzene rings is 2. The van der Waals surface area contributed by atoms with Crippen molar-refractivity contribution in [1.29, 1.82) is 0 Å². The van der Waals surface area contributed by atoms with Crippen LogP contribution in [0.5, 0.6) is 0 Å². The third-order valence-corrected chi connectivity index (χ3v) is 8.23. The van der Waals surface area contributed by atoms with E-state index in [9.17, 15) is 14.4 Å². The summed E-state index contributed by atoms with van der Waals surface area (Å²) in [6.07, 6.45) is 2.64. The lowest BCUT2D eigenvalue weighted by Crippen LogP contribution is -2.38. The normalized spacial score (nSPS) is 15.3. The molecule has 0 aliphatic carbocycles. The van der Waals surface area contributed by atoms with Crippen LogP contribution in [0.2, 0.25) is 0 Å². The van der Waals surface area contributed by atoms with Gasteiger partial charge in [0.15, 0.2) is 0 Å². The van der Waals surface area contributed by atoms with Gasteiger partial charge in [-0.15, -0.1) is 0 Å². The zero-order chi connectivity index (χ0) is 33.2. The molecule has 4 heterocycles. The molecule has 0 saturated heterocycles. The van der Waals surface area contributed by atoms with Gasteiger partial charge in [0.05, 0.1) is 0 Å². The summed E-state index contributed by atoms with van der Waals surface area (Å²) < 4.78 is 13.0. The Morgan fingerprint density at radius 3 is 1.85 bits per heavy atom. The molecule has 2 aliphatic rings. The van der Waals surface area contributed by atoms with Crippen molar-refractivity contribution in [2.75, 3.05) is 26.2 Å². The molecular weight excluding hydrogens is 582 g/mol. The first kappa shape index (κ1) is 32.9. The SMILES string of the molecule is CC(C)(C)OC(=O)N1CCc2[nH]c3ccccc3c2CC1.CC(C)(C)OC(=O)N1CCc2c(n(CC(N)=O)c3ccccc23)CC1. The van der Waals surface area contributed by atoms with Gasteiger partial charge in [-0.2, -0.15) is 0 Å². The minimum Gasteiger partial charge on any atom is -0.444 e. The third kappa shape index (κ3) is 7.66. The van der Waals surface area contributed by atoms with Crippen LogP contribution in [0.15, 0.2) is 48.5 Å². The standard InChI is InChI=1S/C19H25N3O3.C17H22N2O2/c1-19(2,3)25-18(24)21-10-8-14-13-6-4-5-7-15(13)22(12-17(20)23)16(14)9-11-21;1-17(2,3)21-16(20)19-10-8-13-12-6-4-5-7-14(12)18-15(13)9-11-19/h4-7H,8-12H2,1-3H3,(H2,20,23);4-7,18H,8-11H2,1-3H3. The third-order valence-electron chi connectivity index (χ3n) is 8.23. The van der Waals surface area contributed by atoms with E-state index in [0.29, 0.717) is 32.6 Å². The fraction of sp³-hybridized carbons (Fsp3) is 0.472. The summed E-state index contributed by atoms with van der Waals surface area (Å²) in [5.74, 6) is -0.364. The average Bonchev–Trinajstić information content (AvgIpc) is 3.23. The van der Waals surface area contributed by atoms with Crippen LogP contribution in [-0.2, 0) is 46.5 Å². The van der Waals surface area contributed by atoms with Crippen molar-refractivity contribution in [3.63, 3.8) is 0 Å². The molecule has 0 unspecified atom stereocenters. The fourth-order valence-corrected chi connectivity index (χ4v) is 6.31. The lowest BCUT2D eigenvalue weighted by Gasteiger charge is -2.26. The first-order valence-electron chi connectivity index (χ1n) is 16.1. The maximum absolute atomic E-state index is 12.4. The van der Waals surface area contributed by atoms with Gasteiger partial charge in [-0.25, -0.2) is 9.59 Å². The number of rotatable bonds is 2. The minimum absolute atomic E-state index is 0.155. The van der Waals surface area contributed by atoms with E-state index in [1.165, 1.54) is 27.7 Å². The Bertz CT molecular complexity index is 1740. The Kier molecular flexibility index (Phi) is 9.37. The van der Waals surface area contributed by atoms with Crippen LogP contribution in [0.4, 0.5) is 9.59 Å². The molecule has 2 aromatic carbocycles. The van der Waals surface area contributed by atoms with Gasteiger partial charge in [0, 0.05) is 72.2 Å². The Morgan fingerprint density at radius 2 is 1.24 bits per heavy atom. The van der Waals surface area contributed by atoms with Crippen LogP contribution in [0.25, 0.3) is 21.8 Å². The number of nitrogens with one attached hydrogen (secondary N) is 1. The van der Waals surface area contributed by atoms with Crippen molar-refractivity contribution in [3.8, 4) is 0 Å². The average molecular weight is 630 g/mol. The molecule has 3 amide bonds. The molecule has 3 N–H and O–H groups in total. The van der Waals surface area contributed by atoms with Gasteiger partial charge in [0.25, 0.3) is 0 Å². The van der Waals surface area contributed by atoms with E-state index in [2.05, 4.69) is 29.2 Å². The number of amides is 3. The molecule has 6 rings (SSSR count). The smallest absolute Gasteiger partial charge is 0.410 e. The summed E-state index contributed by atoms with van der Waals surface area (Å²) in [5.41, 5.74) is 11.6. The molecule has 0 radical (unpaired) electrons. The number of H-pyrrole nitrogens is 1. The highest BCUT2D eigenvalue weighted by Gasteiger charge is 2.28. The summed E-state index contributed by atoms with van der Waals surface area (Å²) >= 11 is 0.